The summed E-state index contributed by atoms with van der Waals surface area (Å²) in [5.41, 5.74) is 1.29. The van der Waals surface area contributed by atoms with Gasteiger partial charge in [0.1, 0.15) is 17.2 Å². The van der Waals surface area contributed by atoms with Crippen molar-refractivity contribution in [1.82, 2.24) is 10.0 Å². The molecule has 0 saturated heterocycles. The lowest BCUT2D eigenvalue weighted by molar-refractivity contribution is -0.143. The van der Waals surface area contributed by atoms with Crippen molar-refractivity contribution in [3.8, 4) is 0 Å². The first kappa shape index (κ1) is 23.8. The monoisotopic (exact) mass is 487 g/mol. The highest BCUT2D eigenvalue weighted by Gasteiger charge is 2.32. The molecule has 2 atom stereocenters. The number of rotatable bonds is 9. The number of furan rings is 1. The first-order valence-corrected chi connectivity index (χ1v) is 12.3. The van der Waals surface area contributed by atoms with E-state index >= 15 is 0 Å². The lowest BCUT2D eigenvalue weighted by Gasteiger charge is -2.19. The van der Waals surface area contributed by atoms with Crippen molar-refractivity contribution in [3.05, 3.63) is 46.9 Å². The number of nitrogens with one attached hydrogen (secondary N) is 2. The number of esters is 1. The average Bonchev–Trinajstić information content (AvgIpc) is 3.60. The largest absolute Gasteiger partial charge is 0.468 e. The third kappa shape index (κ3) is 4.66. The zero-order chi connectivity index (χ0) is 24.6. The lowest BCUT2D eigenvalue weighted by Crippen LogP contribution is -2.44. The number of fused-ring (bicyclic) bond motifs is 3. The fourth-order valence-corrected chi connectivity index (χ4v) is 5.05. The fraction of sp³-hybridized carbons (Fsp3) is 0.391. The smallest absolute Gasteiger partial charge is 0.324 e. The van der Waals surface area contributed by atoms with Crippen LogP contribution in [0.3, 0.4) is 0 Å². The van der Waals surface area contributed by atoms with Gasteiger partial charge in [0.05, 0.1) is 12.0 Å². The van der Waals surface area contributed by atoms with Gasteiger partial charge < -0.3 is 14.5 Å². The lowest BCUT2D eigenvalue weighted by atomic mass is 10.1. The number of ether oxygens (including phenoxy) is 1. The Morgan fingerprint density at radius 2 is 1.82 bits per heavy atom. The number of amides is 1. The summed E-state index contributed by atoms with van der Waals surface area (Å²) in [6.07, 6.45) is 0.582. The van der Waals surface area contributed by atoms with Gasteiger partial charge in [0.25, 0.3) is 0 Å². The molecule has 0 radical (unpaired) electrons. The molecule has 1 aliphatic carbocycles. The quantitative estimate of drug-likeness (QED) is 0.348. The maximum atomic E-state index is 12.9. The number of hydrogen-bond acceptors (Lipinski definition) is 8. The summed E-state index contributed by atoms with van der Waals surface area (Å²) in [5, 5.41) is 6.97. The number of benzene rings is 2. The molecule has 11 heteroatoms. The summed E-state index contributed by atoms with van der Waals surface area (Å²) in [6.45, 7) is 3.41. The van der Waals surface area contributed by atoms with E-state index in [1.807, 2.05) is 0 Å². The molecule has 2 N–H and O–H groups in total. The Kier molecular flexibility index (Phi) is 6.41. The van der Waals surface area contributed by atoms with Gasteiger partial charge in [0.15, 0.2) is 6.17 Å². The Hall–Kier alpha value is -3.31. The van der Waals surface area contributed by atoms with Crippen LogP contribution in [-0.2, 0) is 24.3 Å². The second-order valence-corrected chi connectivity index (χ2v) is 10.4. The molecule has 1 amide bonds. The maximum Gasteiger partial charge on any atom is 0.324 e. The molecule has 1 aliphatic rings. The molecular formula is C23H25N3O7S. The molecular weight excluding hydrogens is 462 g/mol. The van der Waals surface area contributed by atoms with Crippen molar-refractivity contribution < 1.29 is 27.2 Å². The van der Waals surface area contributed by atoms with E-state index in [-0.39, 0.29) is 22.6 Å². The van der Waals surface area contributed by atoms with Gasteiger partial charge in [-0.25, -0.2) is 8.42 Å². The number of sulfonamides is 1. The molecule has 34 heavy (non-hydrogen) atoms. The fourth-order valence-electron chi connectivity index (χ4n) is 3.70. The number of nitrogens with zero attached hydrogens (tertiary/aromatic N) is 1. The second kappa shape index (κ2) is 9.15. The van der Waals surface area contributed by atoms with Crippen LogP contribution in [0, 0.1) is 16.7 Å². The van der Waals surface area contributed by atoms with Crippen LogP contribution in [0.5, 0.6) is 0 Å². The van der Waals surface area contributed by atoms with E-state index in [9.17, 15) is 22.9 Å². The molecule has 0 aliphatic heterocycles. The van der Waals surface area contributed by atoms with E-state index in [1.54, 1.807) is 38.1 Å². The van der Waals surface area contributed by atoms with Crippen molar-refractivity contribution >= 4 is 43.8 Å². The Balaban J connectivity index is 1.66. The molecule has 10 nitrogen and oxygen atoms in total. The summed E-state index contributed by atoms with van der Waals surface area (Å²) < 4.78 is 38.8. The molecule has 4 rings (SSSR count). The predicted molar refractivity (Wildman–Crippen MR) is 124 cm³/mol. The molecule has 1 heterocycles. The van der Waals surface area contributed by atoms with Gasteiger partial charge in [-0.2, -0.15) is 4.72 Å². The molecule has 0 spiro atoms. The molecule has 1 fully saturated rings. The minimum absolute atomic E-state index is 0.0637. The van der Waals surface area contributed by atoms with Gasteiger partial charge in [-0.1, -0.05) is 19.9 Å². The van der Waals surface area contributed by atoms with Gasteiger partial charge >= 0.3 is 5.97 Å². The van der Waals surface area contributed by atoms with E-state index in [4.69, 9.17) is 9.15 Å². The Morgan fingerprint density at radius 3 is 2.44 bits per heavy atom. The summed E-state index contributed by atoms with van der Waals surface area (Å²) in [6, 6.07) is 8.30. The molecule has 2 aromatic carbocycles. The third-order valence-electron chi connectivity index (χ3n) is 5.83. The van der Waals surface area contributed by atoms with Crippen LogP contribution >= 0.6 is 0 Å². The zero-order valence-electron chi connectivity index (χ0n) is 18.9. The third-order valence-corrected chi connectivity index (χ3v) is 7.27. The van der Waals surface area contributed by atoms with E-state index in [2.05, 4.69) is 15.2 Å². The number of carbonyl (C=O) groups is 2. The zero-order valence-corrected chi connectivity index (χ0v) is 19.7. The maximum absolute atomic E-state index is 12.9. The van der Waals surface area contributed by atoms with E-state index in [1.165, 1.54) is 19.2 Å². The average molecular weight is 488 g/mol. The SMILES string of the molecule is COC(=O)[C@@H](NS(=O)(=O)c1ccc2c(c1)oc1ccc(C(N=O)NC(=O)C3CC3)cc12)C(C)C. The first-order chi connectivity index (χ1) is 16.1. The Bertz CT molecular complexity index is 1380. The summed E-state index contributed by atoms with van der Waals surface area (Å²) in [7, 11) is -2.85. The van der Waals surface area contributed by atoms with Crippen LogP contribution in [0.4, 0.5) is 0 Å². The highest BCUT2D eigenvalue weighted by Crippen LogP contribution is 2.34. The van der Waals surface area contributed by atoms with Crippen molar-refractivity contribution in [3.63, 3.8) is 0 Å². The van der Waals surface area contributed by atoms with E-state index < -0.39 is 28.2 Å². The van der Waals surface area contributed by atoms with E-state index in [0.29, 0.717) is 27.5 Å². The number of carbonyl (C=O) groups excluding carboxylic acids is 2. The molecule has 1 unspecified atom stereocenters. The van der Waals surface area contributed by atoms with Gasteiger partial charge in [0.2, 0.25) is 15.9 Å². The molecule has 3 aromatic rings. The normalized spacial score (nSPS) is 15.9. The molecule has 0 bridgehead atoms. The van der Waals surface area contributed by atoms with Crippen LogP contribution in [0.15, 0.2) is 50.9 Å². The number of methoxy groups -OCH3 is 1. The number of hydrogen-bond donors (Lipinski definition) is 2. The first-order valence-electron chi connectivity index (χ1n) is 10.8. The van der Waals surface area contributed by atoms with Gasteiger partial charge in [0, 0.05) is 28.3 Å². The van der Waals surface area contributed by atoms with Crippen molar-refractivity contribution in [2.24, 2.45) is 17.0 Å². The molecule has 1 aromatic heterocycles. The van der Waals surface area contributed by atoms with Gasteiger partial charge in [-0.15, -0.1) is 4.91 Å². The molecule has 1 saturated carbocycles. The van der Waals surface area contributed by atoms with Crippen LogP contribution in [0.1, 0.15) is 38.4 Å². The summed E-state index contributed by atoms with van der Waals surface area (Å²) in [5.74, 6) is -1.26. The number of nitroso groups, excluding NO2 is 1. The Morgan fingerprint density at radius 1 is 1.09 bits per heavy atom. The second-order valence-electron chi connectivity index (χ2n) is 8.67. The van der Waals surface area contributed by atoms with Crippen LogP contribution in [0.2, 0.25) is 0 Å². The highest BCUT2D eigenvalue weighted by atomic mass is 32.2. The van der Waals surface area contributed by atoms with Gasteiger partial charge in [-0.3, -0.25) is 9.59 Å². The van der Waals surface area contributed by atoms with Crippen molar-refractivity contribution in [2.45, 2.75) is 43.8 Å². The van der Waals surface area contributed by atoms with Crippen LogP contribution < -0.4 is 10.0 Å². The van der Waals surface area contributed by atoms with E-state index in [0.717, 1.165) is 12.8 Å². The van der Waals surface area contributed by atoms with Crippen molar-refractivity contribution in [1.29, 1.82) is 0 Å². The highest BCUT2D eigenvalue weighted by molar-refractivity contribution is 7.89. The van der Waals surface area contributed by atoms with Gasteiger partial charge in [-0.05, 0) is 48.2 Å². The summed E-state index contributed by atoms with van der Waals surface area (Å²) in [4.78, 5) is 35.4. The Labute approximate surface area is 196 Å². The molecule has 180 valence electrons. The minimum Gasteiger partial charge on any atom is -0.468 e. The van der Waals surface area contributed by atoms with Crippen molar-refractivity contribution in [2.75, 3.05) is 7.11 Å². The summed E-state index contributed by atoms with van der Waals surface area (Å²) >= 11 is 0. The topological polar surface area (TPSA) is 144 Å². The standard InChI is InChI=1S/C23H25N3O7S/c1-12(2)20(23(28)32-3)26-34(30,31)15-7-8-16-17-10-14(6-9-18(17)33-19(16)11-15)21(25-29)24-22(27)13-4-5-13/h6-13,20-21,26H,4-5H2,1-3H3,(H,24,27)/t20-,21?/m0/s1. The predicted octanol–water partition coefficient (Wildman–Crippen LogP) is 3.35. The van der Waals surface area contributed by atoms with Crippen LogP contribution in [0.25, 0.3) is 21.9 Å². The van der Waals surface area contributed by atoms with Crippen LogP contribution in [-0.4, -0.2) is 33.4 Å². The minimum atomic E-state index is -4.04.